The Morgan fingerprint density at radius 2 is 2.08 bits per heavy atom. The molecule has 0 aliphatic carbocycles. The molecule has 2 atom stereocenters. The minimum Gasteiger partial charge on any atom is -0.393 e. The quantitative estimate of drug-likeness (QED) is 0.378. The fraction of sp³-hybridized carbons (Fsp3) is 1.00. The third kappa shape index (κ3) is 6.51. The Bertz CT molecular complexity index is 150. The van der Waals surface area contributed by atoms with Gasteiger partial charge < -0.3 is 5.11 Å². The highest BCUT2D eigenvalue weighted by atomic mass is 16.6. The lowest BCUT2D eigenvalue weighted by Gasteiger charge is -2.10. The molecule has 0 heterocycles. The fourth-order valence-corrected chi connectivity index (χ4v) is 1.23. The molecular formula is C9H19NO3. The van der Waals surface area contributed by atoms with Crippen molar-refractivity contribution in [2.45, 2.75) is 58.1 Å². The summed E-state index contributed by atoms with van der Waals surface area (Å²) in [7, 11) is 0. The Morgan fingerprint density at radius 1 is 1.46 bits per heavy atom. The molecule has 0 rings (SSSR count). The maximum atomic E-state index is 10.3. The van der Waals surface area contributed by atoms with E-state index in [0.717, 1.165) is 19.3 Å². The SMILES string of the molecule is CCCCC[C@@H](O)CC(C)[N+](=O)[O-]. The molecule has 0 saturated heterocycles. The second-order valence-corrected chi connectivity index (χ2v) is 3.52. The third-order valence-electron chi connectivity index (χ3n) is 2.11. The molecule has 4 nitrogen and oxygen atoms in total. The molecule has 1 N–H and O–H groups in total. The Hall–Kier alpha value is -0.640. The van der Waals surface area contributed by atoms with Gasteiger partial charge in [-0.3, -0.25) is 10.1 Å². The van der Waals surface area contributed by atoms with Gasteiger partial charge in [0.05, 0.1) is 6.10 Å². The number of unbranched alkanes of at least 4 members (excludes halogenated alkanes) is 2. The van der Waals surface area contributed by atoms with E-state index in [1.54, 1.807) is 0 Å². The first-order valence-electron chi connectivity index (χ1n) is 4.89. The first-order valence-corrected chi connectivity index (χ1v) is 4.89. The summed E-state index contributed by atoms with van der Waals surface area (Å²) in [5.41, 5.74) is 0. The molecule has 0 aliphatic heterocycles. The molecule has 0 aromatic heterocycles. The normalized spacial score (nSPS) is 15.3. The van der Waals surface area contributed by atoms with Crippen LogP contribution in [0.2, 0.25) is 0 Å². The highest BCUT2D eigenvalue weighted by molar-refractivity contribution is 4.60. The van der Waals surface area contributed by atoms with Crippen LogP contribution in [0.3, 0.4) is 0 Å². The van der Waals surface area contributed by atoms with E-state index >= 15 is 0 Å². The topological polar surface area (TPSA) is 63.4 Å². The van der Waals surface area contributed by atoms with Crippen LogP contribution >= 0.6 is 0 Å². The maximum Gasteiger partial charge on any atom is 0.212 e. The van der Waals surface area contributed by atoms with Crippen molar-refractivity contribution in [1.29, 1.82) is 0 Å². The van der Waals surface area contributed by atoms with Gasteiger partial charge in [0, 0.05) is 18.3 Å². The Morgan fingerprint density at radius 3 is 2.54 bits per heavy atom. The van der Waals surface area contributed by atoms with Crippen molar-refractivity contribution < 1.29 is 10.0 Å². The van der Waals surface area contributed by atoms with Crippen molar-refractivity contribution in [2.75, 3.05) is 0 Å². The van der Waals surface area contributed by atoms with Crippen LogP contribution in [0.4, 0.5) is 0 Å². The van der Waals surface area contributed by atoms with Gasteiger partial charge in [0.1, 0.15) is 0 Å². The van der Waals surface area contributed by atoms with E-state index < -0.39 is 12.1 Å². The molecule has 0 bridgehead atoms. The van der Waals surface area contributed by atoms with E-state index in [2.05, 4.69) is 6.92 Å². The summed E-state index contributed by atoms with van der Waals surface area (Å²) >= 11 is 0. The molecule has 0 radical (unpaired) electrons. The van der Waals surface area contributed by atoms with Gasteiger partial charge in [-0.2, -0.15) is 0 Å². The Balaban J connectivity index is 3.49. The number of hydrogen-bond donors (Lipinski definition) is 1. The summed E-state index contributed by atoms with van der Waals surface area (Å²) in [5, 5.41) is 19.6. The van der Waals surface area contributed by atoms with E-state index in [-0.39, 0.29) is 11.3 Å². The number of nitro groups is 1. The molecule has 0 spiro atoms. The largest absolute Gasteiger partial charge is 0.393 e. The smallest absolute Gasteiger partial charge is 0.212 e. The first-order chi connectivity index (χ1) is 6.07. The van der Waals surface area contributed by atoms with E-state index in [1.165, 1.54) is 6.92 Å². The van der Waals surface area contributed by atoms with E-state index in [9.17, 15) is 15.2 Å². The zero-order chi connectivity index (χ0) is 10.3. The molecule has 13 heavy (non-hydrogen) atoms. The Kier molecular flexibility index (Phi) is 6.49. The number of nitrogens with zero attached hydrogens (tertiary/aromatic N) is 1. The van der Waals surface area contributed by atoms with Crippen LogP contribution < -0.4 is 0 Å². The average Bonchev–Trinajstić information content (AvgIpc) is 2.04. The minimum absolute atomic E-state index is 0.275. The second kappa shape index (κ2) is 6.83. The van der Waals surface area contributed by atoms with Gasteiger partial charge in [-0.15, -0.1) is 0 Å². The number of aliphatic hydroxyl groups is 1. The molecule has 0 saturated carbocycles. The molecule has 0 aliphatic rings. The van der Waals surface area contributed by atoms with Gasteiger partial charge in [0.2, 0.25) is 6.04 Å². The summed E-state index contributed by atoms with van der Waals surface area (Å²) in [6.45, 7) is 3.62. The van der Waals surface area contributed by atoms with Crippen LogP contribution in [-0.4, -0.2) is 22.2 Å². The minimum atomic E-state index is -0.628. The summed E-state index contributed by atoms with van der Waals surface area (Å²) in [5.74, 6) is 0. The molecule has 78 valence electrons. The molecule has 0 aromatic carbocycles. The fourth-order valence-electron chi connectivity index (χ4n) is 1.23. The zero-order valence-electron chi connectivity index (χ0n) is 8.40. The number of hydrogen-bond acceptors (Lipinski definition) is 3. The predicted molar refractivity (Wildman–Crippen MR) is 51.2 cm³/mol. The van der Waals surface area contributed by atoms with Crippen molar-refractivity contribution in [2.24, 2.45) is 0 Å². The molecule has 0 fully saturated rings. The molecule has 4 heteroatoms. The standard InChI is InChI=1S/C9H19NO3/c1-3-4-5-6-9(11)7-8(2)10(12)13/h8-9,11H,3-7H2,1-2H3/t8?,9-/m1/s1. The molecule has 0 amide bonds. The van der Waals surface area contributed by atoms with Crippen LogP contribution in [0.15, 0.2) is 0 Å². The van der Waals surface area contributed by atoms with Crippen molar-refractivity contribution >= 4 is 0 Å². The lowest BCUT2D eigenvalue weighted by molar-refractivity contribution is -0.520. The van der Waals surface area contributed by atoms with Crippen molar-refractivity contribution in [1.82, 2.24) is 0 Å². The van der Waals surface area contributed by atoms with Gasteiger partial charge >= 0.3 is 0 Å². The van der Waals surface area contributed by atoms with Crippen LogP contribution in [0.25, 0.3) is 0 Å². The van der Waals surface area contributed by atoms with E-state index in [4.69, 9.17) is 0 Å². The molecular weight excluding hydrogens is 170 g/mol. The van der Waals surface area contributed by atoms with Crippen molar-refractivity contribution in [3.63, 3.8) is 0 Å². The second-order valence-electron chi connectivity index (χ2n) is 3.52. The van der Waals surface area contributed by atoms with E-state index in [0.29, 0.717) is 6.42 Å². The maximum absolute atomic E-state index is 10.3. The summed E-state index contributed by atoms with van der Waals surface area (Å²) in [6.07, 6.45) is 3.61. The number of rotatable bonds is 7. The predicted octanol–water partition coefficient (Wildman–Crippen LogP) is 1.98. The summed E-state index contributed by atoms with van der Waals surface area (Å²) in [6, 6.07) is -0.628. The average molecular weight is 189 g/mol. The van der Waals surface area contributed by atoms with Crippen LogP contribution in [0, 0.1) is 10.1 Å². The monoisotopic (exact) mass is 189 g/mol. The van der Waals surface area contributed by atoms with Crippen LogP contribution in [0.5, 0.6) is 0 Å². The summed E-state index contributed by atoms with van der Waals surface area (Å²) < 4.78 is 0. The van der Waals surface area contributed by atoms with E-state index in [1.807, 2.05) is 0 Å². The molecule has 1 unspecified atom stereocenters. The van der Waals surface area contributed by atoms with Gasteiger partial charge in [0.15, 0.2) is 0 Å². The Labute approximate surface area is 79.1 Å². The van der Waals surface area contributed by atoms with Gasteiger partial charge in [-0.1, -0.05) is 26.2 Å². The first kappa shape index (κ1) is 12.4. The number of aliphatic hydroxyl groups excluding tert-OH is 1. The van der Waals surface area contributed by atoms with Crippen LogP contribution in [0.1, 0.15) is 46.0 Å². The molecule has 0 aromatic rings. The highest BCUT2D eigenvalue weighted by Gasteiger charge is 2.17. The third-order valence-corrected chi connectivity index (χ3v) is 2.11. The van der Waals surface area contributed by atoms with Crippen molar-refractivity contribution in [3.05, 3.63) is 10.1 Å². The van der Waals surface area contributed by atoms with Gasteiger partial charge in [0.25, 0.3) is 0 Å². The zero-order valence-corrected chi connectivity index (χ0v) is 8.40. The van der Waals surface area contributed by atoms with Crippen LogP contribution in [-0.2, 0) is 0 Å². The van der Waals surface area contributed by atoms with Gasteiger partial charge in [-0.05, 0) is 6.42 Å². The summed E-state index contributed by atoms with van der Waals surface area (Å²) in [4.78, 5) is 9.91. The lowest BCUT2D eigenvalue weighted by atomic mass is 10.0. The lowest BCUT2D eigenvalue weighted by Crippen LogP contribution is -2.22. The van der Waals surface area contributed by atoms with Crippen molar-refractivity contribution in [3.8, 4) is 0 Å². The highest BCUT2D eigenvalue weighted by Crippen LogP contribution is 2.09. The van der Waals surface area contributed by atoms with Gasteiger partial charge in [-0.25, -0.2) is 0 Å².